The van der Waals surface area contributed by atoms with Gasteiger partial charge >= 0.3 is 5.71 Å². The molecule has 0 aromatic heterocycles. The first kappa shape index (κ1) is 8.39. The molecule has 0 atom stereocenters. The largest absolute Gasteiger partial charge is 0.361 e. The van der Waals surface area contributed by atoms with Crippen LogP contribution in [-0.4, -0.2) is 16.3 Å². The van der Waals surface area contributed by atoms with E-state index in [9.17, 15) is 4.79 Å². The van der Waals surface area contributed by atoms with Crippen LogP contribution in [0.5, 0.6) is 0 Å². The second kappa shape index (κ2) is 2.64. The number of carbonyl (C=O) groups is 1. The molecule has 68 valence electrons. The van der Waals surface area contributed by atoms with E-state index < -0.39 is 0 Å². The highest BCUT2D eigenvalue weighted by molar-refractivity contribution is 6.47. The smallest absolute Gasteiger partial charge is 0.358 e. The highest BCUT2D eigenvalue weighted by atomic mass is 16.1. The third-order valence-electron chi connectivity index (χ3n) is 3.34. The Bertz CT molecular complexity index is 342. The van der Waals surface area contributed by atoms with E-state index in [0.29, 0.717) is 0 Å². The SMILES string of the molecule is CC1=CC(=[N+]=[N-])C(=O)C12CCCC2. The lowest BCUT2D eigenvalue weighted by atomic mass is 9.79. The summed E-state index contributed by atoms with van der Waals surface area (Å²) in [5, 5.41) is 0. The lowest BCUT2D eigenvalue weighted by Gasteiger charge is -2.20. The van der Waals surface area contributed by atoms with Crippen molar-refractivity contribution in [3.8, 4) is 0 Å². The predicted octanol–water partition coefficient (Wildman–Crippen LogP) is 1.75. The van der Waals surface area contributed by atoms with Gasteiger partial charge in [0.1, 0.15) is 0 Å². The van der Waals surface area contributed by atoms with Gasteiger partial charge in [-0.1, -0.05) is 18.4 Å². The van der Waals surface area contributed by atoms with Gasteiger partial charge in [0.05, 0.1) is 5.41 Å². The van der Waals surface area contributed by atoms with Gasteiger partial charge in [-0.05, 0) is 19.8 Å². The molecule has 0 amide bonds. The fraction of sp³-hybridized carbons (Fsp3) is 0.600. The maximum absolute atomic E-state index is 11.8. The Morgan fingerprint density at radius 1 is 1.46 bits per heavy atom. The number of hydrogen-bond donors (Lipinski definition) is 0. The normalized spacial score (nSPS) is 25.2. The molecule has 0 radical (unpaired) electrons. The Balaban J connectivity index is 2.48. The summed E-state index contributed by atoms with van der Waals surface area (Å²) in [5.41, 5.74) is 9.64. The molecule has 13 heavy (non-hydrogen) atoms. The summed E-state index contributed by atoms with van der Waals surface area (Å²) in [4.78, 5) is 14.9. The van der Waals surface area contributed by atoms with E-state index in [1.54, 1.807) is 6.08 Å². The zero-order valence-electron chi connectivity index (χ0n) is 7.71. The number of Topliss-reactive ketones (excluding diaryl/α,β-unsaturated/α-hetero) is 1. The minimum atomic E-state index is -0.290. The minimum Gasteiger partial charge on any atom is -0.361 e. The lowest BCUT2D eigenvalue weighted by molar-refractivity contribution is -0.123. The summed E-state index contributed by atoms with van der Waals surface area (Å²) in [6.45, 7) is 1.96. The Kier molecular flexibility index (Phi) is 1.70. The number of carbonyl (C=O) groups excluding carboxylic acids is 1. The van der Waals surface area contributed by atoms with Gasteiger partial charge < -0.3 is 5.53 Å². The first-order valence-corrected chi connectivity index (χ1v) is 4.66. The van der Waals surface area contributed by atoms with Crippen LogP contribution >= 0.6 is 0 Å². The number of allylic oxidation sites excluding steroid dienone is 2. The van der Waals surface area contributed by atoms with Crippen molar-refractivity contribution in [2.75, 3.05) is 0 Å². The minimum absolute atomic E-state index is 0.0185. The Morgan fingerprint density at radius 2 is 2.08 bits per heavy atom. The standard InChI is InChI=1S/C10H12N2O/c1-7-6-8(12-11)9(13)10(7)4-2-3-5-10/h6H,2-5H2,1H3. The second-order valence-corrected chi connectivity index (χ2v) is 3.93. The molecule has 1 spiro atoms. The van der Waals surface area contributed by atoms with Crippen LogP contribution in [0.2, 0.25) is 0 Å². The molecule has 0 bridgehead atoms. The molecule has 1 saturated carbocycles. The first-order valence-electron chi connectivity index (χ1n) is 4.66. The van der Waals surface area contributed by atoms with Crippen LogP contribution in [0.4, 0.5) is 0 Å². The maximum atomic E-state index is 11.8. The molecule has 0 aromatic carbocycles. The number of ketones is 1. The summed E-state index contributed by atoms with van der Waals surface area (Å²) in [5.74, 6) is 0.0185. The fourth-order valence-electron chi connectivity index (χ4n) is 2.51. The zero-order valence-corrected chi connectivity index (χ0v) is 7.71. The molecule has 2 aliphatic rings. The fourth-order valence-corrected chi connectivity index (χ4v) is 2.51. The Labute approximate surface area is 77.1 Å². The third-order valence-corrected chi connectivity index (χ3v) is 3.34. The summed E-state index contributed by atoms with van der Waals surface area (Å²) in [6, 6.07) is 0. The van der Waals surface area contributed by atoms with Crippen LogP contribution in [0, 0.1) is 5.41 Å². The van der Waals surface area contributed by atoms with Crippen molar-refractivity contribution in [1.29, 1.82) is 0 Å². The summed E-state index contributed by atoms with van der Waals surface area (Å²) < 4.78 is 0. The van der Waals surface area contributed by atoms with E-state index in [2.05, 4.69) is 4.79 Å². The van der Waals surface area contributed by atoms with Gasteiger partial charge in [-0.3, -0.25) is 4.79 Å². The molecule has 0 N–H and O–H groups in total. The molecule has 2 rings (SSSR count). The second-order valence-electron chi connectivity index (χ2n) is 3.93. The van der Waals surface area contributed by atoms with Crippen molar-refractivity contribution >= 4 is 11.5 Å². The predicted molar refractivity (Wildman–Crippen MR) is 48.3 cm³/mol. The molecule has 0 aromatic rings. The van der Waals surface area contributed by atoms with Gasteiger partial charge in [-0.2, -0.15) is 4.79 Å². The van der Waals surface area contributed by atoms with E-state index in [0.717, 1.165) is 31.3 Å². The number of rotatable bonds is 0. The molecule has 3 nitrogen and oxygen atoms in total. The van der Waals surface area contributed by atoms with Crippen LogP contribution in [-0.2, 0) is 4.79 Å². The van der Waals surface area contributed by atoms with Gasteiger partial charge in [0.15, 0.2) is 0 Å². The van der Waals surface area contributed by atoms with Crippen LogP contribution in [0.3, 0.4) is 0 Å². The van der Waals surface area contributed by atoms with Crippen molar-refractivity contribution < 1.29 is 9.58 Å². The molecular weight excluding hydrogens is 164 g/mol. The van der Waals surface area contributed by atoms with E-state index in [4.69, 9.17) is 5.53 Å². The van der Waals surface area contributed by atoms with Crippen LogP contribution in [0.15, 0.2) is 11.6 Å². The Morgan fingerprint density at radius 3 is 2.54 bits per heavy atom. The number of nitrogens with zero attached hydrogens (tertiary/aromatic N) is 2. The summed E-state index contributed by atoms with van der Waals surface area (Å²) in [7, 11) is 0. The molecule has 0 heterocycles. The van der Waals surface area contributed by atoms with Crippen molar-refractivity contribution in [1.82, 2.24) is 0 Å². The van der Waals surface area contributed by atoms with Gasteiger partial charge in [0.25, 0.3) is 5.78 Å². The van der Waals surface area contributed by atoms with Gasteiger partial charge in [-0.15, -0.1) is 0 Å². The highest BCUT2D eigenvalue weighted by Gasteiger charge is 2.51. The number of hydrogen-bond acceptors (Lipinski definition) is 1. The van der Waals surface area contributed by atoms with E-state index in [1.165, 1.54) is 0 Å². The van der Waals surface area contributed by atoms with E-state index >= 15 is 0 Å². The van der Waals surface area contributed by atoms with Crippen molar-refractivity contribution in [3.05, 3.63) is 17.2 Å². The molecule has 1 fully saturated rings. The van der Waals surface area contributed by atoms with Crippen molar-refractivity contribution in [3.63, 3.8) is 0 Å². The average molecular weight is 176 g/mol. The quantitative estimate of drug-likeness (QED) is 0.409. The van der Waals surface area contributed by atoms with Crippen LogP contribution in [0.1, 0.15) is 32.6 Å². The van der Waals surface area contributed by atoms with Gasteiger partial charge in [0.2, 0.25) is 0 Å². The molecule has 0 aliphatic heterocycles. The first-order chi connectivity index (χ1) is 6.20. The third kappa shape index (κ3) is 0.939. The van der Waals surface area contributed by atoms with Crippen LogP contribution < -0.4 is 0 Å². The van der Waals surface area contributed by atoms with E-state index in [1.807, 2.05) is 6.92 Å². The topological polar surface area (TPSA) is 53.5 Å². The molecule has 0 saturated heterocycles. The maximum Gasteiger partial charge on any atom is 0.358 e. The molecule has 3 heteroatoms. The summed E-state index contributed by atoms with van der Waals surface area (Å²) in [6.07, 6.45) is 5.78. The monoisotopic (exact) mass is 176 g/mol. The van der Waals surface area contributed by atoms with Crippen molar-refractivity contribution in [2.45, 2.75) is 32.6 Å². The van der Waals surface area contributed by atoms with Gasteiger partial charge in [0, 0.05) is 6.08 Å². The molecular formula is C10H12N2O. The van der Waals surface area contributed by atoms with Crippen molar-refractivity contribution in [2.24, 2.45) is 5.41 Å². The van der Waals surface area contributed by atoms with Gasteiger partial charge in [-0.25, -0.2) is 0 Å². The average Bonchev–Trinajstić information content (AvgIpc) is 2.69. The summed E-state index contributed by atoms with van der Waals surface area (Å²) >= 11 is 0. The zero-order chi connectivity index (χ0) is 9.47. The Hall–Kier alpha value is -1.21. The highest BCUT2D eigenvalue weighted by Crippen LogP contribution is 2.47. The van der Waals surface area contributed by atoms with Crippen LogP contribution in [0.25, 0.3) is 5.53 Å². The molecule has 0 unspecified atom stereocenters. The molecule has 2 aliphatic carbocycles. The van der Waals surface area contributed by atoms with E-state index in [-0.39, 0.29) is 16.9 Å². The lowest BCUT2D eigenvalue weighted by Crippen LogP contribution is -2.28.